The van der Waals surface area contributed by atoms with Crippen LogP contribution >= 0.6 is 0 Å². The summed E-state index contributed by atoms with van der Waals surface area (Å²) in [6.07, 6.45) is 1.75. The summed E-state index contributed by atoms with van der Waals surface area (Å²) < 4.78 is 10.4. The minimum atomic E-state index is -0.457. The third kappa shape index (κ3) is 4.42. The summed E-state index contributed by atoms with van der Waals surface area (Å²) in [4.78, 5) is 30.6. The fraction of sp³-hybridized carbons (Fsp3) is 0.400. The second kappa shape index (κ2) is 8.16. The van der Waals surface area contributed by atoms with Crippen molar-refractivity contribution in [2.45, 2.75) is 46.6 Å². The summed E-state index contributed by atoms with van der Waals surface area (Å²) in [5, 5.41) is 4.71. The van der Waals surface area contributed by atoms with Crippen LogP contribution in [0.3, 0.4) is 0 Å². The van der Waals surface area contributed by atoms with Crippen molar-refractivity contribution in [2.75, 3.05) is 6.54 Å². The molecule has 27 heavy (non-hydrogen) atoms. The zero-order valence-corrected chi connectivity index (χ0v) is 15.8. The van der Waals surface area contributed by atoms with Crippen molar-refractivity contribution in [3.63, 3.8) is 0 Å². The van der Waals surface area contributed by atoms with Gasteiger partial charge in [0.25, 0.3) is 0 Å². The Balaban J connectivity index is 1.80. The minimum Gasteiger partial charge on any atom is -0.423 e. The lowest BCUT2D eigenvalue weighted by atomic mass is 10.0. The molecule has 7 nitrogen and oxygen atoms in total. The van der Waals surface area contributed by atoms with Crippen molar-refractivity contribution in [3.8, 4) is 0 Å². The molecule has 3 aromatic rings. The predicted octanol–water partition coefficient (Wildman–Crippen LogP) is 3.03. The van der Waals surface area contributed by atoms with Crippen molar-refractivity contribution >= 4 is 16.9 Å². The van der Waals surface area contributed by atoms with Crippen LogP contribution in [0.25, 0.3) is 11.0 Å². The lowest BCUT2D eigenvalue weighted by molar-refractivity contribution is -0.131. The maximum Gasteiger partial charge on any atom is 0.336 e. The van der Waals surface area contributed by atoms with Crippen molar-refractivity contribution in [3.05, 3.63) is 57.5 Å². The molecule has 0 saturated heterocycles. The van der Waals surface area contributed by atoms with Gasteiger partial charge in [-0.05, 0) is 37.5 Å². The Morgan fingerprint density at radius 1 is 1.22 bits per heavy atom. The first-order valence-electron chi connectivity index (χ1n) is 9.12. The molecule has 0 fully saturated rings. The van der Waals surface area contributed by atoms with Gasteiger partial charge in [-0.1, -0.05) is 24.2 Å². The number of rotatable bonds is 7. The fourth-order valence-electron chi connectivity index (χ4n) is 2.97. The third-order valence-corrected chi connectivity index (χ3v) is 4.37. The van der Waals surface area contributed by atoms with Gasteiger partial charge in [0.1, 0.15) is 5.58 Å². The maximum absolute atomic E-state index is 12.8. The van der Waals surface area contributed by atoms with Gasteiger partial charge in [-0.15, -0.1) is 0 Å². The number of amides is 1. The smallest absolute Gasteiger partial charge is 0.336 e. The molecule has 0 radical (unpaired) electrons. The van der Waals surface area contributed by atoms with Gasteiger partial charge in [0.2, 0.25) is 11.8 Å². The van der Waals surface area contributed by atoms with E-state index in [1.54, 1.807) is 11.0 Å². The highest BCUT2D eigenvalue weighted by atomic mass is 16.5. The molecule has 2 aromatic heterocycles. The Hall–Kier alpha value is -2.96. The molecule has 0 N–H and O–H groups in total. The minimum absolute atomic E-state index is 0.105. The molecule has 1 aromatic carbocycles. The first-order valence-corrected chi connectivity index (χ1v) is 9.12. The van der Waals surface area contributed by atoms with E-state index in [1.807, 2.05) is 32.9 Å². The Bertz CT molecular complexity index is 1010. The second-order valence-corrected chi connectivity index (χ2v) is 6.53. The summed E-state index contributed by atoms with van der Waals surface area (Å²) >= 11 is 0. The Kier molecular flexibility index (Phi) is 5.69. The van der Waals surface area contributed by atoms with Gasteiger partial charge >= 0.3 is 5.63 Å². The summed E-state index contributed by atoms with van der Waals surface area (Å²) in [5.41, 5.74) is 1.69. The van der Waals surface area contributed by atoms with E-state index in [1.165, 1.54) is 6.07 Å². The molecule has 0 saturated carbocycles. The highest BCUT2D eigenvalue weighted by molar-refractivity contribution is 5.87. The molecule has 142 valence electrons. The van der Waals surface area contributed by atoms with Gasteiger partial charge in [-0.2, -0.15) is 4.98 Å². The van der Waals surface area contributed by atoms with Crippen LogP contribution in [0, 0.1) is 6.92 Å². The molecule has 7 heteroatoms. The number of aryl methyl sites for hydroxylation is 2. The number of nitrogens with zero attached hydrogens (tertiary/aromatic N) is 3. The molecular weight excluding hydrogens is 346 g/mol. The van der Waals surface area contributed by atoms with E-state index in [0.29, 0.717) is 29.4 Å². The number of benzene rings is 1. The van der Waals surface area contributed by atoms with Crippen LogP contribution in [0.1, 0.15) is 43.1 Å². The van der Waals surface area contributed by atoms with Crippen LogP contribution in [0.15, 0.2) is 38.0 Å². The van der Waals surface area contributed by atoms with Crippen molar-refractivity contribution in [2.24, 2.45) is 0 Å². The van der Waals surface area contributed by atoms with Crippen molar-refractivity contribution in [1.82, 2.24) is 15.0 Å². The highest BCUT2D eigenvalue weighted by Crippen LogP contribution is 2.19. The Morgan fingerprint density at radius 3 is 2.78 bits per heavy atom. The fourth-order valence-corrected chi connectivity index (χ4v) is 2.97. The number of hydrogen-bond acceptors (Lipinski definition) is 6. The summed E-state index contributed by atoms with van der Waals surface area (Å²) in [5.74, 6) is 0.964. The molecule has 0 bridgehead atoms. The normalized spacial score (nSPS) is 11.1. The van der Waals surface area contributed by atoms with E-state index in [2.05, 4.69) is 10.1 Å². The summed E-state index contributed by atoms with van der Waals surface area (Å²) in [7, 11) is 0. The Morgan fingerprint density at radius 2 is 2.04 bits per heavy atom. The third-order valence-electron chi connectivity index (χ3n) is 4.37. The number of fused-ring (bicyclic) bond motifs is 1. The quantitative estimate of drug-likeness (QED) is 0.595. The molecule has 3 rings (SSSR count). The molecule has 1 amide bonds. The number of carbonyl (C=O) groups excluding carboxylic acids is 1. The van der Waals surface area contributed by atoms with E-state index >= 15 is 0 Å². The summed E-state index contributed by atoms with van der Waals surface area (Å²) in [6.45, 7) is 6.64. The number of carbonyl (C=O) groups is 1. The van der Waals surface area contributed by atoms with Crippen molar-refractivity contribution < 1.29 is 13.7 Å². The first kappa shape index (κ1) is 18.8. The van der Waals surface area contributed by atoms with Crippen LogP contribution in [-0.2, 0) is 24.2 Å². The molecule has 0 unspecified atom stereocenters. The average molecular weight is 369 g/mol. The van der Waals surface area contributed by atoms with Gasteiger partial charge in [0.15, 0.2) is 5.82 Å². The summed E-state index contributed by atoms with van der Waals surface area (Å²) in [6, 6.07) is 7.00. The highest BCUT2D eigenvalue weighted by Gasteiger charge is 2.18. The average Bonchev–Trinajstić information content (AvgIpc) is 3.06. The van der Waals surface area contributed by atoms with Gasteiger partial charge in [0.05, 0.1) is 13.0 Å². The standard InChI is InChI=1S/C20H23N3O4/c1-4-6-18-21-17(22-27-18)12-23(5-2)19(24)10-14-11-20(25)26-16-9-13(3)7-8-15(14)16/h7-9,11H,4-6,10,12H2,1-3H3. The van der Waals surface area contributed by atoms with Crippen LogP contribution in [0.4, 0.5) is 0 Å². The number of aromatic nitrogens is 2. The van der Waals surface area contributed by atoms with Crippen LogP contribution in [0.5, 0.6) is 0 Å². The zero-order valence-electron chi connectivity index (χ0n) is 15.8. The molecule has 0 spiro atoms. The number of likely N-dealkylation sites (N-methyl/N-ethyl adjacent to an activating group) is 1. The lowest BCUT2D eigenvalue weighted by Crippen LogP contribution is -2.32. The van der Waals surface area contributed by atoms with Crippen LogP contribution in [0.2, 0.25) is 0 Å². The van der Waals surface area contributed by atoms with Crippen molar-refractivity contribution in [1.29, 1.82) is 0 Å². The van der Waals surface area contributed by atoms with Gasteiger partial charge in [-0.25, -0.2) is 4.79 Å². The van der Waals surface area contributed by atoms with E-state index in [-0.39, 0.29) is 18.9 Å². The van der Waals surface area contributed by atoms with E-state index in [9.17, 15) is 9.59 Å². The van der Waals surface area contributed by atoms with Gasteiger partial charge in [0, 0.05) is 24.4 Å². The SMILES string of the molecule is CCCc1nc(CN(CC)C(=O)Cc2cc(=O)oc3cc(C)ccc23)no1. The topological polar surface area (TPSA) is 89.4 Å². The largest absolute Gasteiger partial charge is 0.423 e. The lowest BCUT2D eigenvalue weighted by Gasteiger charge is -2.19. The van der Waals surface area contributed by atoms with E-state index in [4.69, 9.17) is 8.94 Å². The van der Waals surface area contributed by atoms with Crippen LogP contribution in [-0.4, -0.2) is 27.5 Å². The zero-order chi connectivity index (χ0) is 19.4. The first-order chi connectivity index (χ1) is 13.0. The maximum atomic E-state index is 12.8. The number of hydrogen-bond donors (Lipinski definition) is 0. The second-order valence-electron chi connectivity index (χ2n) is 6.53. The van der Waals surface area contributed by atoms with Gasteiger partial charge in [-0.3, -0.25) is 4.79 Å². The van der Waals surface area contributed by atoms with Gasteiger partial charge < -0.3 is 13.8 Å². The monoisotopic (exact) mass is 369 g/mol. The molecule has 0 atom stereocenters. The molecule has 2 heterocycles. The van der Waals surface area contributed by atoms with E-state index < -0.39 is 5.63 Å². The molecular formula is C20H23N3O4. The Labute approximate surface area is 157 Å². The van der Waals surface area contributed by atoms with E-state index in [0.717, 1.165) is 23.8 Å². The predicted molar refractivity (Wildman–Crippen MR) is 100 cm³/mol. The molecule has 0 aliphatic carbocycles. The molecule has 0 aliphatic heterocycles. The molecule has 0 aliphatic rings. The van der Waals surface area contributed by atoms with Crippen LogP contribution < -0.4 is 5.63 Å².